The van der Waals surface area contributed by atoms with Crippen LogP contribution in [0.1, 0.15) is 6.92 Å². The molecule has 96 valence electrons. The van der Waals surface area contributed by atoms with Crippen molar-refractivity contribution in [1.29, 1.82) is 0 Å². The molecule has 2 N–H and O–H groups in total. The van der Waals surface area contributed by atoms with Gasteiger partial charge < -0.3 is 9.72 Å². The zero-order valence-electron chi connectivity index (χ0n) is 10.6. The van der Waals surface area contributed by atoms with E-state index in [1.165, 1.54) is 0 Å². The molecular weight excluding hydrogens is 240 g/mol. The minimum Gasteiger partial charge on any atom is -0.450 e. The first-order valence-corrected chi connectivity index (χ1v) is 6.23. The van der Waals surface area contributed by atoms with Crippen LogP contribution in [0.3, 0.4) is 0 Å². The summed E-state index contributed by atoms with van der Waals surface area (Å²) in [5, 5.41) is 4.99. The molecule has 3 aromatic rings. The van der Waals surface area contributed by atoms with Crippen molar-refractivity contribution in [3.05, 3.63) is 42.5 Å². The minimum atomic E-state index is -0.436. The summed E-state index contributed by atoms with van der Waals surface area (Å²) in [5.74, 6) is 0. The maximum Gasteiger partial charge on any atom is 0.411 e. The minimum absolute atomic E-state index is 0.356. The normalized spacial score (nSPS) is 10.8. The lowest BCUT2D eigenvalue weighted by molar-refractivity contribution is 0.168. The molecule has 1 aromatic heterocycles. The van der Waals surface area contributed by atoms with E-state index >= 15 is 0 Å². The Morgan fingerprint density at radius 2 is 1.95 bits per heavy atom. The molecule has 0 aliphatic carbocycles. The highest BCUT2D eigenvalue weighted by atomic mass is 16.5. The Labute approximate surface area is 110 Å². The number of rotatable bonds is 2. The average Bonchev–Trinajstić information content (AvgIpc) is 2.79. The van der Waals surface area contributed by atoms with Crippen LogP contribution in [0.2, 0.25) is 0 Å². The van der Waals surface area contributed by atoms with Crippen LogP contribution in [0, 0.1) is 0 Å². The van der Waals surface area contributed by atoms with Gasteiger partial charge in [0.15, 0.2) is 0 Å². The Hall–Kier alpha value is -2.49. The van der Waals surface area contributed by atoms with Gasteiger partial charge in [-0.2, -0.15) is 0 Å². The predicted molar refractivity (Wildman–Crippen MR) is 76.4 cm³/mol. The second kappa shape index (κ2) is 4.65. The van der Waals surface area contributed by atoms with Crippen LogP contribution < -0.4 is 5.32 Å². The first kappa shape index (κ1) is 11.6. The van der Waals surface area contributed by atoms with Crippen LogP contribution in [0.5, 0.6) is 0 Å². The van der Waals surface area contributed by atoms with Crippen LogP contribution >= 0.6 is 0 Å². The number of aromatic nitrogens is 1. The molecule has 19 heavy (non-hydrogen) atoms. The van der Waals surface area contributed by atoms with E-state index in [4.69, 9.17) is 4.74 Å². The Morgan fingerprint density at radius 1 is 1.16 bits per heavy atom. The zero-order chi connectivity index (χ0) is 13.2. The molecule has 0 radical (unpaired) electrons. The van der Waals surface area contributed by atoms with Crippen molar-refractivity contribution < 1.29 is 9.53 Å². The number of ether oxygens (including phenoxy) is 1. The van der Waals surface area contributed by atoms with Gasteiger partial charge in [0.1, 0.15) is 0 Å². The number of H-pyrrole nitrogens is 1. The van der Waals surface area contributed by atoms with Gasteiger partial charge in [-0.1, -0.05) is 30.3 Å². The number of hydrogen-bond acceptors (Lipinski definition) is 2. The highest BCUT2D eigenvalue weighted by Gasteiger charge is 2.09. The predicted octanol–water partition coefficient (Wildman–Crippen LogP) is 3.89. The van der Waals surface area contributed by atoms with Gasteiger partial charge in [0.05, 0.1) is 17.8 Å². The van der Waals surface area contributed by atoms with Gasteiger partial charge in [-0.05, 0) is 19.1 Å². The first-order valence-electron chi connectivity index (χ1n) is 6.23. The van der Waals surface area contributed by atoms with E-state index in [1.807, 2.05) is 36.4 Å². The number of amides is 1. The molecule has 0 unspecified atom stereocenters. The van der Waals surface area contributed by atoms with E-state index in [-0.39, 0.29) is 0 Å². The van der Waals surface area contributed by atoms with Crippen molar-refractivity contribution in [2.45, 2.75) is 6.92 Å². The van der Waals surface area contributed by atoms with Crippen molar-refractivity contribution in [1.82, 2.24) is 4.98 Å². The van der Waals surface area contributed by atoms with Gasteiger partial charge in [-0.25, -0.2) is 4.79 Å². The standard InChI is InChI=1S/C15H14N2O2/c1-2-19-15(18)17-13-9-5-7-11-10-6-3-4-8-12(10)16-14(11)13/h3-9,16H,2H2,1H3,(H,17,18). The number of carbonyl (C=O) groups excluding carboxylic acids is 1. The largest absolute Gasteiger partial charge is 0.450 e. The SMILES string of the molecule is CCOC(=O)Nc1cccc2c1[nH]c1ccccc12. The smallest absolute Gasteiger partial charge is 0.411 e. The molecular formula is C15H14N2O2. The summed E-state index contributed by atoms with van der Waals surface area (Å²) in [6.45, 7) is 2.14. The van der Waals surface area contributed by atoms with E-state index in [2.05, 4.69) is 16.4 Å². The molecule has 3 rings (SSSR count). The van der Waals surface area contributed by atoms with Gasteiger partial charge in [0.25, 0.3) is 0 Å². The number of fused-ring (bicyclic) bond motifs is 3. The molecule has 0 saturated heterocycles. The lowest BCUT2D eigenvalue weighted by Gasteiger charge is -2.06. The third-order valence-corrected chi connectivity index (χ3v) is 3.05. The van der Waals surface area contributed by atoms with Crippen molar-refractivity contribution in [2.24, 2.45) is 0 Å². The molecule has 1 amide bonds. The lowest BCUT2D eigenvalue weighted by atomic mass is 10.1. The monoisotopic (exact) mass is 254 g/mol. The summed E-state index contributed by atoms with van der Waals surface area (Å²) in [6.07, 6.45) is -0.436. The fourth-order valence-corrected chi connectivity index (χ4v) is 2.25. The molecule has 4 nitrogen and oxygen atoms in total. The van der Waals surface area contributed by atoms with Gasteiger partial charge in [0, 0.05) is 16.3 Å². The number of carbonyl (C=O) groups is 1. The van der Waals surface area contributed by atoms with E-state index in [9.17, 15) is 4.79 Å². The highest BCUT2D eigenvalue weighted by molar-refractivity contribution is 6.12. The van der Waals surface area contributed by atoms with Crippen molar-refractivity contribution in [2.75, 3.05) is 11.9 Å². The summed E-state index contributed by atoms with van der Waals surface area (Å²) in [4.78, 5) is 14.8. The highest BCUT2D eigenvalue weighted by Crippen LogP contribution is 2.30. The molecule has 0 aliphatic heterocycles. The molecule has 2 aromatic carbocycles. The van der Waals surface area contributed by atoms with Crippen LogP contribution in [-0.4, -0.2) is 17.7 Å². The number of anilines is 1. The first-order chi connectivity index (χ1) is 9.29. The van der Waals surface area contributed by atoms with Crippen LogP contribution in [0.25, 0.3) is 21.8 Å². The summed E-state index contributed by atoms with van der Waals surface area (Å²) in [6, 6.07) is 13.9. The fraction of sp³-hybridized carbons (Fsp3) is 0.133. The second-order valence-corrected chi connectivity index (χ2v) is 4.24. The summed E-state index contributed by atoms with van der Waals surface area (Å²) < 4.78 is 4.90. The molecule has 0 aliphatic rings. The summed E-state index contributed by atoms with van der Waals surface area (Å²) >= 11 is 0. The Morgan fingerprint density at radius 3 is 2.79 bits per heavy atom. The van der Waals surface area contributed by atoms with Crippen LogP contribution in [0.15, 0.2) is 42.5 Å². The van der Waals surface area contributed by atoms with E-state index in [1.54, 1.807) is 6.92 Å². The summed E-state index contributed by atoms with van der Waals surface area (Å²) in [5.41, 5.74) is 2.69. The van der Waals surface area contributed by atoms with Gasteiger partial charge >= 0.3 is 6.09 Å². The Balaban J connectivity index is 2.12. The molecule has 0 saturated carbocycles. The summed E-state index contributed by atoms with van der Waals surface area (Å²) in [7, 11) is 0. The van der Waals surface area contributed by atoms with Crippen LogP contribution in [-0.2, 0) is 4.74 Å². The maximum absolute atomic E-state index is 11.5. The maximum atomic E-state index is 11.5. The van der Waals surface area contributed by atoms with Crippen molar-refractivity contribution in [3.8, 4) is 0 Å². The number of benzene rings is 2. The number of para-hydroxylation sites is 2. The van der Waals surface area contributed by atoms with Crippen molar-refractivity contribution >= 4 is 33.6 Å². The molecule has 4 heteroatoms. The fourth-order valence-electron chi connectivity index (χ4n) is 2.25. The Kier molecular flexibility index (Phi) is 2.83. The molecule has 1 heterocycles. The zero-order valence-corrected chi connectivity index (χ0v) is 10.6. The number of hydrogen-bond donors (Lipinski definition) is 2. The van der Waals surface area contributed by atoms with Gasteiger partial charge in [0.2, 0.25) is 0 Å². The van der Waals surface area contributed by atoms with E-state index in [0.29, 0.717) is 6.61 Å². The third-order valence-electron chi connectivity index (χ3n) is 3.05. The molecule has 0 fully saturated rings. The molecule has 0 bridgehead atoms. The Bertz CT molecular complexity index is 746. The van der Waals surface area contributed by atoms with E-state index < -0.39 is 6.09 Å². The number of aromatic amines is 1. The lowest BCUT2D eigenvalue weighted by Crippen LogP contribution is -2.13. The molecule has 0 spiro atoms. The number of nitrogens with one attached hydrogen (secondary N) is 2. The molecule has 0 atom stereocenters. The van der Waals surface area contributed by atoms with Crippen LogP contribution in [0.4, 0.5) is 10.5 Å². The van der Waals surface area contributed by atoms with Gasteiger partial charge in [-0.3, -0.25) is 5.32 Å². The average molecular weight is 254 g/mol. The van der Waals surface area contributed by atoms with E-state index in [0.717, 1.165) is 27.5 Å². The quantitative estimate of drug-likeness (QED) is 0.729. The second-order valence-electron chi connectivity index (χ2n) is 4.24. The topological polar surface area (TPSA) is 54.1 Å². The van der Waals surface area contributed by atoms with Crippen molar-refractivity contribution in [3.63, 3.8) is 0 Å². The van der Waals surface area contributed by atoms with Gasteiger partial charge in [-0.15, -0.1) is 0 Å². The third kappa shape index (κ3) is 2.01.